The molecule has 2 aromatic carbocycles. The fourth-order valence-electron chi connectivity index (χ4n) is 2.76. The van der Waals surface area contributed by atoms with E-state index in [0.717, 1.165) is 10.9 Å². The van der Waals surface area contributed by atoms with Crippen LogP contribution < -0.4 is 10.3 Å². The van der Waals surface area contributed by atoms with Gasteiger partial charge in [-0.15, -0.1) is 0 Å². The molecule has 28 heavy (non-hydrogen) atoms. The zero-order chi connectivity index (χ0) is 20.3. The SMILES string of the molecule is CCCc1nc2ccc(Br)cc2c(=O)n1N=Cc1cc(Br)c(O)c(OCC)c1. The van der Waals surface area contributed by atoms with Crippen LogP contribution in [0.2, 0.25) is 0 Å². The van der Waals surface area contributed by atoms with Gasteiger partial charge in [0.15, 0.2) is 11.5 Å². The van der Waals surface area contributed by atoms with Gasteiger partial charge in [0.2, 0.25) is 0 Å². The summed E-state index contributed by atoms with van der Waals surface area (Å²) >= 11 is 6.71. The van der Waals surface area contributed by atoms with Crippen LogP contribution >= 0.6 is 31.9 Å². The maximum Gasteiger partial charge on any atom is 0.282 e. The Kier molecular flexibility index (Phi) is 6.51. The topological polar surface area (TPSA) is 76.7 Å². The first-order valence-electron chi connectivity index (χ1n) is 8.85. The van der Waals surface area contributed by atoms with Gasteiger partial charge in [-0.3, -0.25) is 4.79 Å². The molecule has 8 heteroatoms. The lowest BCUT2D eigenvalue weighted by Crippen LogP contribution is -2.22. The van der Waals surface area contributed by atoms with E-state index in [9.17, 15) is 9.90 Å². The van der Waals surface area contributed by atoms with E-state index in [4.69, 9.17) is 4.74 Å². The second kappa shape index (κ2) is 8.87. The average molecular weight is 509 g/mol. The third kappa shape index (κ3) is 4.28. The predicted octanol–water partition coefficient (Wildman–Crippen LogP) is 4.86. The van der Waals surface area contributed by atoms with Crippen molar-refractivity contribution in [3.63, 3.8) is 0 Å². The summed E-state index contributed by atoms with van der Waals surface area (Å²) in [6.07, 6.45) is 3.02. The number of nitrogens with zero attached hydrogens (tertiary/aromatic N) is 3. The fourth-order valence-corrected chi connectivity index (χ4v) is 3.58. The van der Waals surface area contributed by atoms with Gasteiger partial charge in [-0.25, -0.2) is 4.98 Å². The molecule has 0 radical (unpaired) electrons. The Morgan fingerprint density at radius 3 is 2.75 bits per heavy atom. The van der Waals surface area contributed by atoms with Crippen LogP contribution in [0.4, 0.5) is 0 Å². The van der Waals surface area contributed by atoms with Gasteiger partial charge in [-0.05, 0) is 65.2 Å². The van der Waals surface area contributed by atoms with Crippen molar-refractivity contribution in [1.82, 2.24) is 9.66 Å². The summed E-state index contributed by atoms with van der Waals surface area (Å²) in [5, 5.41) is 14.9. The van der Waals surface area contributed by atoms with Gasteiger partial charge in [-0.2, -0.15) is 9.78 Å². The number of aryl methyl sites for hydroxylation is 1. The van der Waals surface area contributed by atoms with Crippen LogP contribution in [0, 0.1) is 0 Å². The van der Waals surface area contributed by atoms with Crippen LogP contribution in [-0.2, 0) is 6.42 Å². The van der Waals surface area contributed by atoms with E-state index in [1.54, 1.807) is 24.4 Å². The molecular weight excluding hydrogens is 490 g/mol. The van der Waals surface area contributed by atoms with Crippen molar-refractivity contribution in [2.24, 2.45) is 5.10 Å². The molecule has 0 amide bonds. The lowest BCUT2D eigenvalue weighted by atomic mass is 10.2. The number of fused-ring (bicyclic) bond motifs is 1. The molecule has 0 atom stereocenters. The number of rotatable bonds is 6. The number of benzene rings is 2. The Hall–Kier alpha value is -2.19. The number of aromatic hydroxyl groups is 1. The number of hydrogen-bond donors (Lipinski definition) is 1. The summed E-state index contributed by atoms with van der Waals surface area (Å²) in [5.74, 6) is 0.974. The maximum atomic E-state index is 13.0. The highest BCUT2D eigenvalue weighted by atomic mass is 79.9. The highest BCUT2D eigenvalue weighted by molar-refractivity contribution is 9.10. The molecule has 0 saturated heterocycles. The molecule has 0 saturated carbocycles. The van der Waals surface area contributed by atoms with E-state index in [1.807, 2.05) is 26.0 Å². The minimum Gasteiger partial charge on any atom is -0.503 e. The van der Waals surface area contributed by atoms with Gasteiger partial charge in [0.1, 0.15) is 5.82 Å². The van der Waals surface area contributed by atoms with Gasteiger partial charge in [0.05, 0.1) is 28.2 Å². The molecular formula is C20H19Br2N3O3. The molecule has 0 aliphatic carbocycles. The molecule has 0 aliphatic rings. The Bertz CT molecular complexity index is 1110. The summed E-state index contributed by atoms with van der Waals surface area (Å²) in [6, 6.07) is 8.80. The molecule has 3 rings (SSSR count). The maximum absolute atomic E-state index is 13.0. The first-order valence-corrected chi connectivity index (χ1v) is 10.4. The summed E-state index contributed by atoms with van der Waals surface area (Å²) in [4.78, 5) is 17.6. The number of phenols is 1. The summed E-state index contributed by atoms with van der Waals surface area (Å²) < 4.78 is 8.07. The number of ether oxygens (including phenoxy) is 1. The summed E-state index contributed by atoms with van der Waals surface area (Å²) in [7, 11) is 0. The van der Waals surface area contributed by atoms with Crippen LogP contribution in [-0.4, -0.2) is 27.6 Å². The van der Waals surface area contributed by atoms with Gasteiger partial charge in [0.25, 0.3) is 5.56 Å². The van der Waals surface area contributed by atoms with Gasteiger partial charge < -0.3 is 9.84 Å². The molecule has 0 aliphatic heterocycles. The van der Waals surface area contributed by atoms with Gasteiger partial charge >= 0.3 is 0 Å². The first-order chi connectivity index (χ1) is 13.4. The van der Waals surface area contributed by atoms with Crippen molar-refractivity contribution < 1.29 is 9.84 Å². The molecule has 3 aromatic rings. The van der Waals surface area contributed by atoms with E-state index in [-0.39, 0.29) is 11.3 Å². The van der Waals surface area contributed by atoms with Crippen LogP contribution in [0.25, 0.3) is 10.9 Å². The number of hydrogen-bond acceptors (Lipinski definition) is 5. The molecule has 0 bridgehead atoms. The summed E-state index contributed by atoms with van der Waals surface area (Å²) in [5.41, 5.74) is 1.10. The average Bonchev–Trinajstić information content (AvgIpc) is 2.66. The predicted molar refractivity (Wildman–Crippen MR) is 118 cm³/mol. The molecule has 0 spiro atoms. The van der Waals surface area contributed by atoms with E-state index in [2.05, 4.69) is 41.9 Å². The lowest BCUT2D eigenvalue weighted by Gasteiger charge is -2.10. The normalized spacial score (nSPS) is 11.4. The summed E-state index contributed by atoms with van der Waals surface area (Å²) in [6.45, 7) is 4.28. The van der Waals surface area contributed by atoms with E-state index in [1.165, 1.54) is 4.68 Å². The standard InChI is InChI=1S/C20H19Br2N3O3/c1-3-5-18-24-16-7-6-13(21)10-14(16)20(27)25(18)23-11-12-8-15(22)19(26)17(9-12)28-4-2/h6-11,26H,3-5H2,1-2H3. The second-order valence-electron chi connectivity index (χ2n) is 6.08. The van der Waals surface area contributed by atoms with Crippen molar-refractivity contribution in [1.29, 1.82) is 0 Å². The highest BCUT2D eigenvalue weighted by Crippen LogP contribution is 2.35. The zero-order valence-corrected chi connectivity index (χ0v) is 18.6. The largest absolute Gasteiger partial charge is 0.503 e. The van der Waals surface area contributed by atoms with Crippen molar-refractivity contribution >= 4 is 49.0 Å². The molecule has 6 nitrogen and oxygen atoms in total. The first kappa shape index (κ1) is 20.5. The minimum absolute atomic E-state index is 0.0278. The van der Waals surface area contributed by atoms with E-state index >= 15 is 0 Å². The lowest BCUT2D eigenvalue weighted by molar-refractivity contribution is 0.317. The monoisotopic (exact) mass is 507 g/mol. The van der Waals surface area contributed by atoms with Gasteiger partial charge in [-0.1, -0.05) is 22.9 Å². The number of phenolic OH excluding ortho intramolecular Hbond substituents is 1. The second-order valence-corrected chi connectivity index (χ2v) is 7.85. The van der Waals surface area contributed by atoms with Crippen LogP contribution in [0.15, 0.2) is 49.2 Å². The van der Waals surface area contributed by atoms with Crippen LogP contribution in [0.3, 0.4) is 0 Å². The van der Waals surface area contributed by atoms with Crippen LogP contribution in [0.1, 0.15) is 31.7 Å². The van der Waals surface area contributed by atoms with Crippen molar-refractivity contribution in [3.05, 3.63) is 61.0 Å². The van der Waals surface area contributed by atoms with E-state index < -0.39 is 0 Å². The Morgan fingerprint density at radius 2 is 2.04 bits per heavy atom. The smallest absolute Gasteiger partial charge is 0.282 e. The molecule has 0 unspecified atom stereocenters. The van der Waals surface area contributed by atoms with Crippen molar-refractivity contribution in [2.75, 3.05) is 6.61 Å². The Morgan fingerprint density at radius 1 is 1.25 bits per heavy atom. The van der Waals surface area contributed by atoms with Crippen LogP contribution in [0.5, 0.6) is 11.5 Å². The van der Waals surface area contributed by atoms with E-state index in [0.29, 0.717) is 45.5 Å². The minimum atomic E-state index is -0.228. The third-order valence-corrected chi connectivity index (χ3v) is 5.12. The third-order valence-electron chi connectivity index (χ3n) is 4.02. The highest BCUT2D eigenvalue weighted by Gasteiger charge is 2.12. The fraction of sp³-hybridized carbons (Fsp3) is 0.250. The van der Waals surface area contributed by atoms with Crippen molar-refractivity contribution in [3.8, 4) is 11.5 Å². The Labute approximate surface area is 179 Å². The number of halogens is 2. The molecule has 1 heterocycles. The Balaban J connectivity index is 2.12. The quantitative estimate of drug-likeness (QED) is 0.482. The molecule has 0 fully saturated rings. The van der Waals surface area contributed by atoms with Crippen molar-refractivity contribution in [2.45, 2.75) is 26.7 Å². The molecule has 146 valence electrons. The molecule has 1 aromatic heterocycles. The van der Waals surface area contributed by atoms with Gasteiger partial charge in [0, 0.05) is 10.9 Å². The zero-order valence-electron chi connectivity index (χ0n) is 15.4. The molecule has 1 N–H and O–H groups in total. The number of aromatic nitrogens is 2.